The summed E-state index contributed by atoms with van der Waals surface area (Å²) < 4.78 is 0. The van der Waals surface area contributed by atoms with Crippen molar-refractivity contribution in [3.05, 3.63) is 59.9 Å². The number of para-hydroxylation sites is 1. The second kappa shape index (κ2) is 6.06. The van der Waals surface area contributed by atoms with Gasteiger partial charge in [0.15, 0.2) is 0 Å². The average molecular weight is 281 g/mol. The van der Waals surface area contributed by atoms with Crippen LogP contribution in [-0.4, -0.2) is 35.9 Å². The van der Waals surface area contributed by atoms with Crippen molar-refractivity contribution in [1.29, 1.82) is 0 Å². The zero-order valence-electron chi connectivity index (χ0n) is 12.2. The first-order valence-electron chi connectivity index (χ1n) is 7.21. The van der Waals surface area contributed by atoms with E-state index in [1.807, 2.05) is 53.2 Å². The normalized spacial score (nSPS) is 13.5. The van der Waals surface area contributed by atoms with Gasteiger partial charge in [0.2, 0.25) is 5.91 Å². The topological polar surface area (TPSA) is 36.4 Å². The van der Waals surface area contributed by atoms with Crippen molar-refractivity contribution >= 4 is 11.6 Å². The highest BCUT2D eigenvalue weighted by atomic mass is 16.2. The summed E-state index contributed by atoms with van der Waals surface area (Å²) in [5.74, 6) is 0.151. The standard InChI is InChI=1S/C17H19N3O/c1-19(12-15-7-4-5-10-18-15)13-17(21)20-11-9-14-6-2-3-8-16(14)20/h2-8,10H,9,11-13H2,1H3. The Balaban J connectivity index is 1.62. The van der Waals surface area contributed by atoms with Crippen LogP contribution in [0.1, 0.15) is 11.3 Å². The lowest BCUT2D eigenvalue weighted by Crippen LogP contribution is -2.37. The number of fused-ring (bicyclic) bond motifs is 1. The molecule has 1 aromatic carbocycles. The molecule has 108 valence electrons. The third-order valence-corrected chi connectivity index (χ3v) is 3.75. The molecule has 0 spiro atoms. The van der Waals surface area contributed by atoms with E-state index in [-0.39, 0.29) is 5.91 Å². The number of hydrogen-bond donors (Lipinski definition) is 0. The lowest BCUT2D eigenvalue weighted by atomic mass is 10.2. The molecule has 0 fully saturated rings. The molecule has 21 heavy (non-hydrogen) atoms. The molecule has 2 aromatic rings. The minimum absolute atomic E-state index is 0.151. The van der Waals surface area contributed by atoms with Crippen molar-refractivity contribution in [2.24, 2.45) is 0 Å². The molecule has 2 heterocycles. The number of pyridine rings is 1. The van der Waals surface area contributed by atoms with Crippen molar-refractivity contribution in [1.82, 2.24) is 9.88 Å². The van der Waals surface area contributed by atoms with Gasteiger partial charge >= 0.3 is 0 Å². The van der Waals surface area contributed by atoms with Crippen LogP contribution in [0, 0.1) is 0 Å². The first kappa shape index (κ1) is 13.8. The number of anilines is 1. The number of carbonyl (C=O) groups is 1. The van der Waals surface area contributed by atoms with E-state index in [0.717, 1.165) is 24.3 Å². The molecule has 3 rings (SSSR count). The molecular formula is C17H19N3O. The molecule has 0 unspecified atom stereocenters. The predicted molar refractivity (Wildman–Crippen MR) is 83.1 cm³/mol. The first-order valence-corrected chi connectivity index (χ1v) is 7.21. The number of carbonyl (C=O) groups excluding carboxylic acids is 1. The number of nitrogens with zero attached hydrogens (tertiary/aromatic N) is 3. The number of benzene rings is 1. The van der Waals surface area contributed by atoms with Crippen LogP contribution in [0.2, 0.25) is 0 Å². The predicted octanol–water partition coefficient (Wildman–Crippen LogP) is 2.10. The number of amides is 1. The van der Waals surface area contributed by atoms with Gasteiger partial charge in [-0.15, -0.1) is 0 Å². The van der Waals surface area contributed by atoms with Gasteiger partial charge in [-0.1, -0.05) is 24.3 Å². The second-order valence-electron chi connectivity index (χ2n) is 5.42. The zero-order valence-corrected chi connectivity index (χ0v) is 12.2. The molecular weight excluding hydrogens is 262 g/mol. The summed E-state index contributed by atoms with van der Waals surface area (Å²) in [5, 5.41) is 0. The van der Waals surface area contributed by atoms with Crippen LogP contribution in [0.25, 0.3) is 0 Å². The molecule has 0 bridgehead atoms. The summed E-state index contributed by atoms with van der Waals surface area (Å²) >= 11 is 0. The summed E-state index contributed by atoms with van der Waals surface area (Å²) in [5.41, 5.74) is 3.31. The summed E-state index contributed by atoms with van der Waals surface area (Å²) in [6.45, 7) is 1.88. The fourth-order valence-electron chi connectivity index (χ4n) is 2.74. The van der Waals surface area contributed by atoms with Crippen molar-refractivity contribution in [3.63, 3.8) is 0 Å². The van der Waals surface area contributed by atoms with E-state index >= 15 is 0 Å². The Morgan fingerprint density at radius 3 is 2.86 bits per heavy atom. The fraction of sp³-hybridized carbons (Fsp3) is 0.294. The lowest BCUT2D eigenvalue weighted by Gasteiger charge is -2.21. The largest absolute Gasteiger partial charge is 0.311 e. The Morgan fingerprint density at radius 2 is 2.05 bits per heavy atom. The second-order valence-corrected chi connectivity index (χ2v) is 5.42. The highest BCUT2D eigenvalue weighted by Crippen LogP contribution is 2.27. The number of hydrogen-bond acceptors (Lipinski definition) is 3. The Morgan fingerprint density at radius 1 is 1.24 bits per heavy atom. The quantitative estimate of drug-likeness (QED) is 0.861. The van der Waals surface area contributed by atoms with Crippen LogP contribution < -0.4 is 4.90 Å². The van der Waals surface area contributed by atoms with Crippen LogP contribution in [0.5, 0.6) is 0 Å². The fourth-order valence-corrected chi connectivity index (χ4v) is 2.74. The van der Waals surface area contributed by atoms with Gasteiger partial charge in [-0.2, -0.15) is 0 Å². The lowest BCUT2D eigenvalue weighted by molar-refractivity contribution is -0.119. The summed E-state index contributed by atoms with van der Waals surface area (Å²) in [6.07, 6.45) is 2.73. The molecule has 0 aliphatic carbocycles. The molecule has 4 nitrogen and oxygen atoms in total. The summed E-state index contributed by atoms with van der Waals surface area (Å²) in [4.78, 5) is 20.7. The molecule has 1 aliphatic heterocycles. The Bertz CT molecular complexity index is 627. The molecule has 0 saturated carbocycles. The van der Waals surface area contributed by atoms with Gasteiger partial charge in [0.25, 0.3) is 0 Å². The monoisotopic (exact) mass is 281 g/mol. The van der Waals surface area contributed by atoms with Gasteiger partial charge in [-0.3, -0.25) is 14.7 Å². The van der Waals surface area contributed by atoms with Crippen LogP contribution in [0.15, 0.2) is 48.7 Å². The van der Waals surface area contributed by atoms with E-state index in [2.05, 4.69) is 11.1 Å². The van der Waals surface area contributed by atoms with Gasteiger partial charge in [0.05, 0.1) is 12.2 Å². The molecule has 1 amide bonds. The number of aromatic nitrogens is 1. The Kier molecular flexibility index (Phi) is 3.97. The molecule has 4 heteroatoms. The average Bonchev–Trinajstić information content (AvgIpc) is 2.92. The summed E-state index contributed by atoms with van der Waals surface area (Å²) in [7, 11) is 1.95. The Labute approximate surface area is 125 Å². The molecule has 1 aliphatic rings. The third-order valence-electron chi connectivity index (χ3n) is 3.75. The van der Waals surface area contributed by atoms with Crippen molar-refractivity contribution in [2.75, 3.05) is 25.0 Å². The van der Waals surface area contributed by atoms with E-state index in [1.165, 1.54) is 5.56 Å². The molecule has 1 aromatic heterocycles. The first-order chi connectivity index (χ1) is 10.2. The SMILES string of the molecule is CN(CC(=O)N1CCc2ccccc21)Cc1ccccn1. The van der Waals surface area contributed by atoms with Gasteiger partial charge in [-0.05, 0) is 37.2 Å². The van der Waals surface area contributed by atoms with Crippen LogP contribution in [0.3, 0.4) is 0 Å². The van der Waals surface area contributed by atoms with Crippen LogP contribution in [0.4, 0.5) is 5.69 Å². The third kappa shape index (κ3) is 3.11. The molecule has 0 N–H and O–H groups in total. The maximum atomic E-state index is 12.5. The highest BCUT2D eigenvalue weighted by molar-refractivity contribution is 5.96. The van der Waals surface area contributed by atoms with E-state index in [0.29, 0.717) is 13.1 Å². The highest BCUT2D eigenvalue weighted by Gasteiger charge is 2.24. The molecule has 0 radical (unpaired) electrons. The van der Waals surface area contributed by atoms with Gasteiger partial charge in [-0.25, -0.2) is 0 Å². The zero-order chi connectivity index (χ0) is 14.7. The van der Waals surface area contributed by atoms with Crippen molar-refractivity contribution < 1.29 is 4.79 Å². The minimum Gasteiger partial charge on any atom is -0.311 e. The van der Waals surface area contributed by atoms with Gasteiger partial charge < -0.3 is 4.90 Å². The molecule has 0 atom stereocenters. The maximum absolute atomic E-state index is 12.5. The van der Waals surface area contributed by atoms with E-state index < -0.39 is 0 Å². The van der Waals surface area contributed by atoms with Gasteiger partial charge in [0, 0.05) is 25.0 Å². The van der Waals surface area contributed by atoms with Gasteiger partial charge in [0.1, 0.15) is 0 Å². The van der Waals surface area contributed by atoms with E-state index in [4.69, 9.17) is 0 Å². The smallest absolute Gasteiger partial charge is 0.241 e. The number of rotatable bonds is 4. The number of likely N-dealkylation sites (N-methyl/N-ethyl adjacent to an activating group) is 1. The molecule has 0 saturated heterocycles. The van der Waals surface area contributed by atoms with E-state index in [1.54, 1.807) is 6.20 Å². The minimum atomic E-state index is 0.151. The Hall–Kier alpha value is -2.20. The maximum Gasteiger partial charge on any atom is 0.241 e. The summed E-state index contributed by atoms with van der Waals surface area (Å²) in [6, 6.07) is 14.0. The van der Waals surface area contributed by atoms with E-state index in [9.17, 15) is 4.79 Å². The van der Waals surface area contributed by atoms with Crippen molar-refractivity contribution in [2.45, 2.75) is 13.0 Å². The van der Waals surface area contributed by atoms with Crippen LogP contribution >= 0.6 is 0 Å². The van der Waals surface area contributed by atoms with Crippen molar-refractivity contribution in [3.8, 4) is 0 Å². The van der Waals surface area contributed by atoms with Crippen LogP contribution in [-0.2, 0) is 17.8 Å².